The van der Waals surface area contributed by atoms with Gasteiger partial charge in [0.25, 0.3) is 5.69 Å². The van der Waals surface area contributed by atoms with Crippen LogP contribution in [-0.2, 0) is 0 Å². The van der Waals surface area contributed by atoms with Crippen LogP contribution in [0.1, 0.15) is 17.2 Å². The number of nitrogen functional groups attached to an aromatic ring is 1. The quantitative estimate of drug-likeness (QED) is 0.378. The van der Waals surface area contributed by atoms with Crippen molar-refractivity contribution in [1.82, 2.24) is 0 Å². The molecule has 0 saturated carbocycles. The molecule has 1 atom stereocenters. The lowest BCUT2D eigenvalue weighted by Crippen LogP contribution is -2.04. The summed E-state index contributed by atoms with van der Waals surface area (Å²) in [5.74, 6) is 0. The highest BCUT2D eigenvalue weighted by atomic mass is 79.9. The van der Waals surface area contributed by atoms with Crippen molar-refractivity contribution in [2.75, 3.05) is 11.1 Å². The number of hydrogen-bond donors (Lipinski definition) is 2. The molecule has 1 aromatic carbocycles. The number of alkyl halides is 1. The molecule has 0 amide bonds. The summed E-state index contributed by atoms with van der Waals surface area (Å²) in [5.41, 5.74) is 5.18. The zero-order valence-electron chi connectivity index (χ0n) is 8.05. The van der Waals surface area contributed by atoms with Gasteiger partial charge in [-0.3, -0.25) is 10.1 Å². The molecule has 1 aromatic rings. The Hall–Kier alpha value is -1.65. The minimum Gasteiger partial charge on any atom is -0.392 e. The third-order valence-electron chi connectivity index (χ3n) is 2.03. The van der Waals surface area contributed by atoms with Crippen molar-refractivity contribution >= 4 is 27.3 Å². The first kappa shape index (κ1) is 12.4. The topological polar surface area (TPSA) is 113 Å². The first-order chi connectivity index (χ1) is 7.51. The lowest BCUT2D eigenvalue weighted by atomic mass is 10.0. The molecule has 0 aliphatic rings. The van der Waals surface area contributed by atoms with E-state index in [2.05, 4.69) is 15.9 Å². The van der Waals surface area contributed by atoms with Gasteiger partial charge in [0, 0.05) is 11.4 Å². The molecule has 0 fully saturated rings. The van der Waals surface area contributed by atoms with Crippen molar-refractivity contribution in [2.45, 2.75) is 6.10 Å². The molecule has 6 nitrogen and oxygen atoms in total. The average molecular weight is 286 g/mol. The molecule has 0 radical (unpaired) electrons. The largest absolute Gasteiger partial charge is 0.392 e. The monoisotopic (exact) mass is 285 g/mol. The summed E-state index contributed by atoms with van der Waals surface area (Å²) in [6.07, 6.45) is -0.911. The van der Waals surface area contributed by atoms with Crippen molar-refractivity contribution in [3.8, 4) is 6.07 Å². The fraction of sp³-hybridized carbons (Fsp3) is 0.222. The normalized spacial score (nSPS) is 11.8. The zero-order valence-corrected chi connectivity index (χ0v) is 9.64. The predicted octanol–water partition coefficient (Wildman–Crippen LogP) is 1.48. The molecule has 7 heteroatoms. The third kappa shape index (κ3) is 2.29. The van der Waals surface area contributed by atoms with Crippen LogP contribution in [0.25, 0.3) is 0 Å². The van der Waals surface area contributed by atoms with Crippen LogP contribution in [0, 0.1) is 21.4 Å². The minimum absolute atomic E-state index is 0.0100. The number of nitro groups is 1. The van der Waals surface area contributed by atoms with Gasteiger partial charge >= 0.3 is 0 Å². The number of hydrogen-bond acceptors (Lipinski definition) is 5. The van der Waals surface area contributed by atoms with E-state index in [4.69, 9.17) is 11.0 Å². The molecule has 3 N–H and O–H groups in total. The maximum Gasteiger partial charge on any atom is 0.293 e. The molecule has 0 saturated heterocycles. The van der Waals surface area contributed by atoms with E-state index in [0.717, 1.165) is 0 Å². The Morgan fingerprint density at radius 3 is 2.75 bits per heavy atom. The Bertz CT molecular complexity index is 470. The molecule has 0 aromatic heterocycles. The predicted molar refractivity (Wildman–Crippen MR) is 61.0 cm³/mol. The van der Waals surface area contributed by atoms with Gasteiger partial charge in [-0.15, -0.1) is 0 Å². The maximum absolute atomic E-state index is 10.7. The van der Waals surface area contributed by atoms with Crippen molar-refractivity contribution in [1.29, 1.82) is 5.26 Å². The van der Waals surface area contributed by atoms with Crippen LogP contribution in [-0.4, -0.2) is 15.4 Å². The van der Waals surface area contributed by atoms with Crippen LogP contribution in [0.3, 0.4) is 0 Å². The molecular weight excluding hydrogens is 278 g/mol. The molecular formula is C9H8BrN3O3. The Kier molecular flexibility index (Phi) is 3.82. The van der Waals surface area contributed by atoms with E-state index in [1.807, 2.05) is 0 Å². The van der Waals surface area contributed by atoms with Crippen LogP contribution < -0.4 is 5.73 Å². The number of halogens is 1. The standard InChI is InChI=1S/C9H8BrN3O3/c10-3-8(14)5-1-6(4-11)9(12)7(2-5)13(15)16/h1-2,8,14H,3,12H2. The van der Waals surface area contributed by atoms with Crippen LogP contribution >= 0.6 is 15.9 Å². The summed E-state index contributed by atoms with van der Waals surface area (Å²) >= 11 is 3.04. The Labute approximate surface area is 99.6 Å². The van der Waals surface area contributed by atoms with E-state index in [-0.39, 0.29) is 27.8 Å². The fourth-order valence-electron chi connectivity index (χ4n) is 1.18. The molecule has 0 aliphatic heterocycles. The summed E-state index contributed by atoms with van der Waals surface area (Å²) in [6, 6.07) is 4.26. The van der Waals surface area contributed by atoms with E-state index < -0.39 is 11.0 Å². The number of nitriles is 1. The molecule has 16 heavy (non-hydrogen) atoms. The zero-order chi connectivity index (χ0) is 12.3. The summed E-state index contributed by atoms with van der Waals surface area (Å²) < 4.78 is 0. The number of benzene rings is 1. The van der Waals surface area contributed by atoms with Gasteiger partial charge in [-0.1, -0.05) is 15.9 Å². The first-order valence-corrected chi connectivity index (χ1v) is 5.35. The van der Waals surface area contributed by atoms with Crippen molar-refractivity contribution < 1.29 is 10.0 Å². The van der Waals surface area contributed by atoms with Crippen molar-refractivity contribution in [2.24, 2.45) is 0 Å². The second-order valence-electron chi connectivity index (χ2n) is 3.04. The van der Waals surface area contributed by atoms with Gasteiger partial charge < -0.3 is 10.8 Å². The molecule has 0 bridgehead atoms. The van der Waals surface area contributed by atoms with Gasteiger partial charge in [-0.2, -0.15) is 5.26 Å². The van der Waals surface area contributed by atoms with Gasteiger partial charge in [-0.05, 0) is 11.6 Å². The van der Waals surface area contributed by atoms with Crippen LogP contribution in [0.2, 0.25) is 0 Å². The Morgan fingerprint density at radius 2 is 2.31 bits per heavy atom. The van der Waals surface area contributed by atoms with Crippen molar-refractivity contribution in [3.05, 3.63) is 33.4 Å². The van der Waals surface area contributed by atoms with E-state index in [9.17, 15) is 15.2 Å². The fourth-order valence-corrected chi connectivity index (χ4v) is 1.56. The van der Waals surface area contributed by atoms with Gasteiger partial charge in [-0.25, -0.2) is 0 Å². The molecule has 0 heterocycles. The smallest absolute Gasteiger partial charge is 0.293 e. The maximum atomic E-state index is 10.7. The third-order valence-corrected chi connectivity index (χ3v) is 2.64. The highest BCUT2D eigenvalue weighted by Gasteiger charge is 2.19. The van der Waals surface area contributed by atoms with Gasteiger partial charge in [0.1, 0.15) is 11.8 Å². The number of nitro benzene ring substituents is 1. The summed E-state index contributed by atoms with van der Waals surface area (Å²) in [5, 5.41) is 29.2. The van der Waals surface area contributed by atoms with Crippen LogP contribution in [0.4, 0.5) is 11.4 Å². The van der Waals surface area contributed by atoms with Gasteiger partial charge in [0.05, 0.1) is 16.6 Å². The number of nitrogens with zero attached hydrogens (tertiary/aromatic N) is 2. The molecule has 1 rings (SSSR count). The second kappa shape index (κ2) is 4.92. The Balaban J connectivity index is 3.41. The van der Waals surface area contributed by atoms with Gasteiger partial charge in [0.2, 0.25) is 0 Å². The SMILES string of the molecule is N#Cc1cc(C(O)CBr)cc([N+](=O)[O-])c1N. The lowest BCUT2D eigenvalue weighted by Gasteiger charge is -2.09. The molecule has 1 unspecified atom stereocenters. The minimum atomic E-state index is -0.911. The highest BCUT2D eigenvalue weighted by molar-refractivity contribution is 9.09. The van der Waals surface area contributed by atoms with E-state index >= 15 is 0 Å². The van der Waals surface area contributed by atoms with E-state index in [1.165, 1.54) is 12.1 Å². The molecule has 0 aliphatic carbocycles. The number of nitrogens with two attached hydrogens (primary N) is 1. The summed E-state index contributed by atoms with van der Waals surface area (Å²) in [6.45, 7) is 0. The second-order valence-corrected chi connectivity index (χ2v) is 3.69. The number of anilines is 1. The first-order valence-electron chi connectivity index (χ1n) is 4.23. The summed E-state index contributed by atoms with van der Waals surface area (Å²) in [4.78, 5) is 10.00. The highest BCUT2D eigenvalue weighted by Crippen LogP contribution is 2.29. The van der Waals surface area contributed by atoms with E-state index in [1.54, 1.807) is 6.07 Å². The van der Waals surface area contributed by atoms with Crippen LogP contribution in [0.5, 0.6) is 0 Å². The summed E-state index contributed by atoms with van der Waals surface area (Å²) in [7, 11) is 0. The Morgan fingerprint density at radius 1 is 1.69 bits per heavy atom. The van der Waals surface area contributed by atoms with Crippen molar-refractivity contribution in [3.63, 3.8) is 0 Å². The van der Waals surface area contributed by atoms with E-state index in [0.29, 0.717) is 0 Å². The molecule has 0 spiro atoms. The average Bonchev–Trinajstić information content (AvgIpc) is 2.27. The number of aliphatic hydroxyl groups is 1. The number of aliphatic hydroxyl groups excluding tert-OH is 1. The molecule has 84 valence electrons. The van der Waals surface area contributed by atoms with Gasteiger partial charge in [0.15, 0.2) is 0 Å². The number of rotatable bonds is 3. The van der Waals surface area contributed by atoms with Crippen LogP contribution in [0.15, 0.2) is 12.1 Å². The lowest BCUT2D eigenvalue weighted by molar-refractivity contribution is -0.384.